The van der Waals surface area contributed by atoms with E-state index >= 15 is 0 Å². The largest absolute Gasteiger partial charge is 0.469 e. The van der Waals surface area contributed by atoms with E-state index in [0.29, 0.717) is 69.9 Å². The lowest BCUT2D eigenvalue weighted by molar-refractivity contribution is -0.147. The SMILES string of the molecule is COC(=O)CCc1ccc(-c2ccc(S(=O)(=O)NC3CCC(C(=O)N4CCOC[C@@H]4C(C)C)CC3)cc2N)cc1. The number of nitrogens with one attached hydrogen (secondary N) is 1. The molecule has 0 unspecified atom stereocenters. The first-order valence-corrected chi connectivity index (χ1v) is 15.5. The Bertz CT molecular complexity index is 1290. The van der Waals surface area contributed by atoms with Crippen LogP contribution in [0.1, 0.15) is 51.5 Å². The molecule has 0 spiro atoms. The molecule has 1 heterocycles. The van der Waals surface area contributed by atoms with Crippen LogP contribution in [0.25, 0.3) is 11.1 Å². The van der Waals surface area contributed by atoms with E-state index < -0.39 is 10.0 Å². The Balaban J connectivity index is 1.34. The number of esters is 1. The molecule has 1 amide bonds. The van der Waals surface area contributed by atoms with Crippen LogP contribution in [0.4, 0.5) is 5.69 Å². The molecule has 40 heavy (non-hydrogen) atoms. The molecule has 1 atom stereocenters. The molecule has 0 aromatic heterocycles. The number of hydrogen-bond acceptors (Lipinski definition) is 7. The standard InChI is InChI=1S/C30H41N3O6S/c1-20(2)28-19-39-17-16-33(28)30(35)23-9-11-24(12-10-23)32-40(36,37)25-13-14-26(27(31)18-25)22-7-4-21(5-8-22)6-15-29(34)38-3/h4-5,7-8,13-14,18,20,23-24,28,32H,6,9-12,15-17,19,31H2,1-3H3/t23?,24?,28-/m1/s1. The fourth-order valence-corrected chi connectivity index (χ4v) is 6.94. The van der Waals surface area contributed by atoms with Gasteiger partial charge in [0.05, 0.1) is 31.3 Å². The molecule has 2 fully saturated rings. The van der Waals surface area contributed by atoms with Crippen LogP contribution in [0, 0.1) is 11.8 Å². The Labute approximate surface area is 237 Å². The van der Waals surface area contributed by atoms with Crippen LogP contribution in [0.15, 0.2) is 47.4 Å². The van der Waals surface area contributed by atoms with Gasteiger partial charge in [0, 0.05) is 36.2 Å². The highest BCUT2D eigenvalue weighted by Gasteiger charge is 2.36. The Morgan fingerprint density at radius 3 is 2.42 bits per heavy atom. The van der Waals surface area contributed by atoms with Crippen molar-refractivity contribution in [2.75, 3.05) is 32.6 Å². The Morgan fingerprint density at radius 2 is 1.80 bits per heavy atom. The van der Waals surface area contributed by atoms with Gasteiger partial charge in [-0.1, -0.05) is 44.2 Å². The number of hydrogen-bond donors (Lipinski definition) is 2. The molecule has 4 rings (SSSR count). The minimum atomic E-state index is -3.77. The molecular formula is C30H41N3O6S. The molecule has 9 nitrogen and oxygen atoms in total. The number of nitrogen functional groups attached to an aromatic ring is 1. The lowest BCUT2D eigenvalue weighted by Crippen LogP contribution is -2.53. The molecule has 2 aromatic rings. The normalized spacial score (nSPS) is 21.8. The summed E-state index contributed by atoms with van der Waals surface area (Å²) in [5.74, 6) is 0.154. The van der Waals surface area contributed by atoms with E-state index in [9.17, 15) is 18.0 Å². The lowest BCUT2D eigenvalue weighted by Gasteiger charge is -2.41. The number of amides is 1. The molecule has 1 saturated carbocycles. The van der Waals surface area contributed by atoms with Crippen molar-refractivity contribution in [3.63, 3.8) is 0 Å². The minimum Gasteiger partial charge on any atom is -0.469 e. The summed E-state index contributed by atoms with van der Waals surface area (Å²) in [6.45, 7) is 5.97. The van der Waals surface area contributed by atoms with E-state index in [-0.39, 0.29) is 34.8 Å². The van der Waals surface area contributed by atoms with Gasteiger partial charge in [-0.05, 0) is 61.3 Å². The first kappa shape index (κ1) is 30.0. The summed E-state index contributed by atoms with van der Waals surface area (Å²) in [6.07, 6.45) is 3.43. The third-order valence-electron chi connectivity index (χ3n) is 8.06. The predicted molar refractivity (Wildman–Crippen MR) is 154 cm³/mol. The maximum atomic E-state index is 13.3. The molecule has 1 aliphatic heterocycles. The van der Waals surface area contributed by atoms with Gasteiger partial charge in [-0.3, -0.25) is 9.59 Å². The zero-order valence-electron chi connectivity index (χ0n) is 23.6. The molecule has 3 N–H and O–H groups in total. The van der Waals surface area contributed by atoms with Crippen LogP contribution >= 0.6 is 0 Å². The summed E-state index contributed by atoms with van der Waals surface area (Å²) in [5, 5.41) is 0. The van der Waals surface area contributed by atoms with Crippen molar-refractivity contribution < 1.29 is 27.5 Å². The second-order valence-electron chi connectivity index (χ2n) is 11.1. The quantitative estimate of drug-likeness (QED) is 0.346. The number of benzene rings is 2. The number of anilines is 1. The second kappa shape index (κ2) is 13.1. The zero-order valence-corrected chi connectivity index (χ0v) is 24.4. The van der Waals surface area contributed by atoms with E-state index in [1.807, 2.05) is 29.2 Å². The summed E-state index contributed by atoms with van der Waals surface area (Å²) in [6, 6.07) is 12.3. The third-order valence-corrected chi connectivity index (χ3v) is 9.58. The number of aryl methyl sites for hydroxylation is 1. The van der Waals surface area contributed by atoms with Crippen molar-refractivity contribution in [3.05, 3.63) is 48.0 Å². The van der Waals surface area contributed by atoms with E-state index in [4.69, 9.17) is 10.5 Å². The number of nitrogens with zero attached hydrogens (tertiary/aromatic N) is 1. The fourth-order valence-electron chi connectivity index (χ4n) is 5.60. The van der Waals surface area contributed by atoms with Gasteiger partial charge in [-0.15, -0.1) is 0 Å². The first-order chi connectivity index (χ1) is 19.1. The van der Waals surface area contributed by atoms with Crippen LogP contribution in [-0.4, -0.2) is 64.1 Å². The Kier molecular flexibility index (Phi) is 9.86. The minimum absolute atomic E-state index is 0.0816. The maximum absolute atomic E-state index is 13.3. The summed E-state index contributed by atoms with van der Waals surface area (Å²) in [5.41, 5.74) is 9.25. The van der Waals surface area contributed by atoms with Gasteiger partial charge in [-0.25, -0.2) is 13.1 Å². The monoisotopic (exact) mass is 571 g/mol. The second-order valence-corrected chi connectivity index (χ2v) is 12.8. The lowest BCUT2D eigenvalue weighted by atomic mass is 9.85. The van der Waals surface area contributed by atoms with Gasteiger partial charge in [0.2, 0.25) is 15.9 Å². The molecule has 0 radical (unpaired) electrons. The summed E-state index contributed by atoms with van der Waals surface area (Å²) >= 11 is 0. The van der Waals surface area contributed by atoms with Crippen molar-refractivity contribution in [2.24, 2.45) is 11.8 Å². The van der Waals surface area contributed by atoms with Gasteiger partial charge in [-0.2, -0.15) is 0 Å². The van der Waals surface area contributed by atoms with E-state index in [1.165, 1.54) is 13.2 Å². The van der Waals surface area contributed by atoms with Gasteiger partial charge >= 0.3 is 5.97 Å². The third kappa shape index (κ3) is 7.21. The van der Waals surface area contributed by atoms with Gasteiger partial charge in [0.1, 0.15) is 0 Å². The van der Waals surface area contributed by atoms with Crippen LogP contribution in [-0.2, 0) is 35.5 Å². The number of nitrogens with two attached hydrogens (primary N) is 1. The zero-order chi connectivity index (χ0) is 28.9. The van der Waals surface area contributed by atoms with Crippen molar-refractivity contribution in [2.45, 2.75) is 69.4 Å². The number of carbonyl (C=O) groups is 2. The summed E-state index contributed by atoms with van der Waals surface area (Å²) in [4.78, 5) is 26.7. The fraction of sp³-hybridized carbons (Fsp3) is 0.533. The van der Waals surface area contributed by atoms with Crippen LogP contribution in [0.2, 0.25) is 0 Å². The number of morpholine rings is 1. The van der Waals surface area contributed by atoms with Crippen LogP contribution in [0.3, 0.4) is 0 Å². The maximum Gasteiger partial charge on any atom is 0.305 e. The smallest absolute Gasteiger partial charge is 0.305 e. The summed E-state index contributed by atoms with van der Waals surface area (Å²) in [7, 11) is -2.40. The highest BCUT2D eigenvalue weighted by atomic mass is 32.2. The van der Waals surface area contributed by atoms with Crippen molar-refractivity contribution >= 4 is 27.6 Å². The number of rotatable bonds is 9. The van der Waals surface area contributed by atoms with Crippen LogP contribution < -0.4 is 10.5 Å². The van der Waals surface area contributed by atoms with Crippen molar-refractivity contribution in [1.29, 1.82) is 0 Å². The number of ether oxygens (including phenoxy) is 2. The van der Waals surface area contributed by atoms with E-state index in [0.717, 1.165) is 16.7 Å². The molecular weight excluding hydrogens is 530 g/mol. The number of carbonyl (C=O) groups excluding carboxylic acids is 2. The number of sulfonamides is 1. The van der Waals surface area contributed by atoms with E-state index in [1.54, 1.807) is 12.1 Å². The molecule has 1 aliphatic carbocycles. The Hall–Kier alpha value is -2.95. The number of methoxy groups -OCH3 is 1. The van der Waals surface area contributed by atoms with Crippen LogP contribution in [0.5, 0.6) is 0 Å². The highest BCUT2D eigenvalue weighted by Crippen LogP contribution is 2.31. The summed E-state index contributed by atoms with van der Waals surface area (Å²) < 4.78 is 39.5. The Morgan fingerprint density at radius 1 is 1.10 bits per heavy atom. The van der Waals surface area contributed by atoms with Gasteiger partial charge in [0.25, 0.3) is 0 Å². The molecule has 0 bridgehead atoms. The van der Waals surface area contributed by atoms with Crippen molar-refractivity contribution in [1.82, 2.24) is 9.62 Å². The van der Waals surface area contributed by atoms with Gasteiger partial charge in [0.15, 0.2) is 0 Å². The average Bonchev–Trinajstić information content (AvgIpc) is 2.96. The molecule has 218 valence electrons. The highest BCUT2D eigenvalue weighted by molar-refractivity contribution is 7.89. The van der Waals surface area contributed by atoms with Gasteiger partial charge < -0.3 is 20.1 Å². The molecule has 10 heteroatoms. The van der Waals surface area contributed by atoms with Crippen molar-refractivity contribution in [3.8, 4) is 11.1 Å². The van der Waals surface area contributed by atoms with E-state index in [2.05, 4.69) is 23.3 Å². The predicted octanol–water partition coefficient (Wildman–Crippen LogP) is 3.76. The average molecular weight is 572 g/mol. The molecule has 2 aromatic carbocycles. The molecule has 2 aliphatic rings. The first-order valence-electron chi connectivity index (χ1n) is 14.0. The topological polar surface area (TPSA) is 128 Å². The molecule has 1 saturated heterocycles.